The Balaban J connectivity index is 0.00000507. The summed E-state index contributed by atoms with van der Waals surface area (Å²) in [7, 11) is 1.94. The quantitative estimate of drug-likeness (QED) is 0.170. The Morgan fingerprint density at radius 2 is 1.24 bits per heavy atom. The molecule has 0 radical (unpaired) electrons. The monoisotopic (exact) mass is 548 g/mol. The highest BCUT2D eigenvalue weighted by Crippen LogP contribution is 2.32. The Morgan fingerprint density at radius 3 is 1.68 bits per heavy atom. The van der Waals surface area contributed by atoms with Crippen LogP contribution in [0.4, 0.5) is 22.7 Å². The van der Waals surface area contributed by atoms with E-state index in [4.69, 9.17) is 0 Å². The second-order valence-corrected chi connectivity index (χ2v) is 9.36. The average molecular weight is 549 g/mol. The van der Waals surface area contributed by atoms with E-state index in [2.05, 4.69) is 21.3 Å². The number of para-hydroxylation sites is 2. The first-order valence-corrected chi connectivity index (χ1v) is 11.8. The molecule has 1 heterocycles. The van der Waals surface area contributed by atoms with E-state index < -0.39 is 0 Å². The van der Waals surface area contributed by atoms with Gasteiger partial charge in [0.2, 0.25) is 17.7 Å². The van der Waals surface area contributed by atoms with Gasteiger partial charge in [0.1, 0.15) is 22.9 Å². The number of phenols is 2. The van der Waals surface area contributed by atoms with Gasteiger partial charge in [0.15, 0.2) is 6.54 Å². The van der Waals surface area contributed by atoms with Crippen LogP contribution in [0.25, 0.3) is 0 Å². The number of rotatable bonds is 8. The van der Waals surface area contributed by atoms with Gasteiger partial charge in [-0.1, -0.05) is 12.1 Å². The number of benzene rings is 2. The number of carbonyl (C=O) groups is 4. The third-order valence-corrected chi connectivity index (χ3v) is 6.04. The summed E-state index contributed by atoms with van der Waals surface area (Å²) in [5.74, 6) is -1.61. The maximum Gasteiger partial charge on any atom is 0.279 e. The molecule has 1 fully saturated rings. The first-order valence-electron chi connectivity index (χ1n) is 11.8. The van der Waals surface area contributed by atoms with Gasteiger partial charge in [-0.25, -0.2) is 0 Å². The number of likely N-dealkylation sites (N-methyl/N-ethyl adjacent to an activating group) is 1. The lowest BCUT2D eigenvalue weighted by Crippen LogP contribution is -3.00. The van der Waals surface area contributed by atoms with Crippen molar-refractivity contribution in [1.29, 1.82) is 0 Å². The van der Waals surface area contributed by atoms with Crippen LogP contribution < -0.4 is 33.7 Å². The van der Waals surface area contributed by atoms with E-state index in [0.29, 0.717) is 42.0 Å². The van der Waals surface area contributed by atoms with Crippen molar-refractivity contribution in [2.24, 2.45) is 0 Å². The van der Waals surface area contributed by atoms with Crippen molar-refractivity contribution >= 4 is 46.4 Å². The molecule has 4 amide bonds. The number of halogens is 1. The fourth-order valence-corrected chi connectivity index (χ4v) is 4.14. The number of phenolic OH excluding ortho intramolecular Hbond substituents is 2. The van der Waals surface area contributed by atoms with Crippen molar-refractivity contribution in [3.05, 3.63) is 36.4 Å². The van der Waals surface area contributed by atoms with Crippen LogP contribution in [0.5, 0.6) is 11.5 Å². The van der Waals surface area contributed by atoms with E-state index in [1.807, 2.05) is 11.9 Å². The molecule has 1 aliphatic rings. The molecule has 0 aromatic heterocycles. The van der Waals surface area contributed by atoms with Gasteiger partial charge in [-0.15, -0.1) is 0 Å². The van der Waals surface area contributed by atoms with Crippen LogP contribution in [0.1, 0.15) is 13.8 Å². The normalized spacial score (nSPS) is 14.5. The first-order chi connectivity index (χ1) is 17.5. The molecule has 12 nitrogen and oxygen atoms in total. The topological polar surface area (TPSA) is 160 Å². The number of aromatic hydroxyl groups is 2. The Bertz CT molecular complexity index is 1200. The van der Waals surface area contributed by atoms with E-state index in [0.717, 1.165) is 0 Å². The molecule has 0 saturated carbocycles. The number of nitrogens with one attached hydrogen (secondary N) is 4. The van der Waals surface area contributed by atoms with Crippen LogP contribution in [-0.2, 0) is 19.2 Å². The molecule has 0 spiro atoms. The molecule has 1 aliphatic heterocycles. The molecule has 13 heteroatoms. The predicted molar refractivity (Wildman–Crippen MR) is 139 cm³/mol. The van der Waals surface area contributed by atoms with Gasteiger partial charge in [-0.2, -0.15) is 0 Å². The molecular weight excluding hydrogens is 516 g/mol. The zero-order chi connectivity index (χ0) is 27.2. The molecule has 6 N–H and O–H groups in total. The maximum atomic E-state index is 12.8. The minimum absolute atomic E-state index is 0. The number of quaternary nitrogens is 1. The summed E-state index contributed by atoms with van der Waals surface area (Å²) >= 11 is 0. The van der Waals surface area contributed by atoms with Gasteiger partial charge in [-0.3, -0.25) is 24.1 Å². The van der Waals surface area contributed by atoms with Crippen molar-refractivity contribution < 1.29 is 46.3 Å². The lowest BCUT2D eigenvalue weighted by atomic mass is 10.2. The van der Waals surface area contributed by atoms with Crippen molar-refractivity contribution in [3.63, 3.8) is 0 Å². The summed E-state index contributed by atoms with van der Waals surface area (Å²) in [4.78, 5) is 50.3. The average Bonchev–Trinajstić information content (AvgIpc) is 2.79. The Labute approximate surface area is 227 Å². The molecule has 206 valence electrons. The van der Waals surface area contributed by atoms with E-state index in [1.165, 1.54) is 26.0 Å². The fourth-order valence-electron chi connectivity index (χ4n) is 4.14. The number of amides is 4. The van der Waals surface area contributed by atoms with Gasteiger partial charge in [0, 0.05) is 26.9 Å². The SMILES string of the molecule is CC(=O)Nc1cccc(O)c1NC(=O)CN1CC[N+](C)(CC(=O)Nc2c(O)cccc2NC(C)=O)CC1.[Cl-]. The van der Waals surface area contributed by atoms with Crippen LogP contribution in [0.3, 0.4) is 0 Å². The van der Waals surface area contributed by atoms with Gasteiger partial charge < -0.3 is 48.4 Å². The molecule has 38 heavy (non-hydrogen) atoms. The number of nitrogens with zero attached hydrogens (tertiary/aromatic N) is 2. The summed E-state index contributed by atoms with van der Waals surface area (Å²) < 4.78 is 0.430. The maximum absolute atomic E-state index is 12.8. The van der Waals surface area contributed by atoms with E-state index in [1.54, 1.807) is 24.3 Å². The number of piperazine rings is 1. The lowest BCUT2D eigenvalue weighted by molar-refractivity contribution is -0.905. The Hall–Kier alpha value is -3.87. The Kier molecular flexibility index (Phi) is 10.5. The van der Waals surface area contributed by atoms with Crippen molar-refractivity contribution in [1.82, 2.24) is 4.90 Å². The van der Waals surface area contributed by atoms with Crippen LogP contribution in [0.2, 0.25) is 0 Å². The zero-order valence-corrected chi connectivity index (χ0v) is 22.3. The molecule has 0 unspecified atom stereocenters. The summed E-state index contributed by atoms with van der Waals surface area (Å²) in [6.07, 6.45) is 0. The molecule has 0 bridgehead atoms. The van der Waals surface area contributed by atoms with Crippen molar-refractivity contribution in [2.45, 2.75) is 13.8 Å². The van der Waals surface area contributed by atoms with E-state index >= 15 is 0 Å². The second kappa shape index (κ2) is 13.1. The summed E-state index contributed by atoms with van der Waals surface area (Å²) in [5, 5.41) is 30.9. The molecule has 1 saturated heterocycles. The standard InChI is InChI=1S/C25H32N6O6.ClH/c1-16(32)26-18-6-4-8-20(34)24(18)28-22(36)14-30-10-12-31(3,13-11-30)15-23(37)29-25-19(27-17(2)33)7-5-9-21(25)35;/h4-9H,10-15H2,1-3H3,(H5-,26,27,28,29,32,33,34,35,36,37);1H. The van der Waals surface area contributed by atoms with E-state index in [-0.39, 0.29) is 72.0 Å². The number of hydrogen-bond acceptors (Lipinski definition) is 7. The fraction of sp³-hybridized carbons (Fsp3) is 0.360. The summed E-state index contributed by atoms with van der Waals surface area (Å²) in [6, 6.07) is 9.15. The lowest BCUT2D eigenvalue weighted by Gasteiger charge is -2.41. The van der Waals surface area contributed by atoms with E-state index in [9.17, 15) is 29.4 Å². The largest absolute Gasteiger partial charge is 1.00 e. The van der Waals surface area contributed by atoms with Crippen LogP contribution in [-0.4, -0.2) is 89.5 Å². The highest BCUT2D eigenvalue weighted by atomic mass is 35.5. The summed E-state index contributed by atoms with van der Waals surface area (Å²) in [5.41, 5.74) is 0.901. The summed E-state index contributed by atoms with van der Waals surface area (Å²) in [6.45, 7) is 5.23. The third kappa shape index (κ3) is 8.33. The first kappa shape index (κ1) is 30.4. The van der Waals surface area contributed by atoms with Crippen molar-refractivity contribution in [2.75, 3.05) is 67.6 Å². The number of carbonyl (C=O) groups excluding carboxylic acids is 4. The number of anilines is 4. The predicted octanol–water partition coefficient (Wildman–Crippen LogP) is -1.64. The highest BCUT2D eigenvalue weighted by molar-refractivity contribution is 6.02. The van der Waals surface area contributed by atoms with Gasteiger partial charge in [0.25, 0.3) is 5.91 Å². The molecule has 0 atom stereocenters. The minimum Gasteiger partial charge on any atom is -1.00 e. The third-order valence-electron chi connectivity index (χ3n) is 6.04. The minimum atomic E-state index is -0.341. The molecule has 3 rings (SSSR count). The smallest absolute Gasteiger partial charge is 0.279 e. The van der Waals surface area contributed by atoms with Gasteiger partial charge in [0.05, 0.1) is 38.1 Å². The van der Waals surface area contributed by atoms with Crippen LogP contribution >= 0.6 is 0 Å². The molecule has 2 aromatic carbocycles. The molecule has 2 aromatic rings. The highest BCUT2D eigenvalue weighted by Gasteiger charge is 2.32. The second-order valence-electron chi connectivity index (χ2n) is 9.36. The molecule has 0 aliphatic carbocycles. The zero-order valence-electron chi connectivity index (χ0n) is 21.5. The van der Waals surface area contributed by atoms with Crippen LogP contribution in [0.15, 0.2) is 36.4 Å². The van der Waals surface area contributed by atoms with Gasteiger partial charge in [-0.05, 0) is 24.3 Å². The van der Waals surface area contributed by atoms with Crippen LogP contribution in [0, 0.1) is 0 Å². The number of hydrogen-bond donors (Lipinski definition) is 6. The Morgan fingerprint density at radius 1 is 0.789 bits per heavy atom. The molecular formula is C25H33ClN6O6. The van der Waals surface area contributed by atoms with Gasteiger partial charge >= 0.3 is 0 Å². The van der Waals surface area contributed by atoms with Crippen molar-refractivity contribution in [3.8, 4) is 11.5 Å².